The number of fused-ring (bicyclic) bond motifs is 2. The van der Waals surface area contributed by atoms with E-state index in [2.05, 4.69) is 5.32 Å². The van der Waals surface area contributed by atoms with E-state index in [0.29, 0.717) is 22.5 Å². The summed E-state index contributed by atoms with van der Waals surface area (Å²) in [7, 11) is -3.79. The van der Waals surface area contributed by atoms with Gasteiger partial charge in [0.25, 0.3) is 5.91 Å². The predicted octanol–water partition coefficient (Wildman–Crippen LogP) is 4.41. The third-order valence-corrected chi connectivity index (χ3v) is 9.46. The average molecular weight is 509 g/mol. The van der Waals surface area contributed by atoms with Crippen LogP contribution in [0, 0.1) is 0 Å². The van der Waals surface area contributed by atoms with E-state index in [9.17, 15) is 23.4 Å². The summed E-state index contributed by atoms with van der Waals surface area (Å²) in [5.74, 6) is -0.207. The summed E-state index contributed by atoms with van der Waals surface area (Å²) >= 11 is 1.37. The highest BCUT2D eigenvalue weighted by molar-refractivity contribution is 7.89. The van der Waals surface area contributed by atoms with Crippen LogP contribution in [-0.2, 0) is 16.6 Å². The molecule has 0 fully saturated rings. The zero-order valence-electron chi connectivity index (χ0n) is 18.9. The molecule has 4 aromatic rings. The second-order valence-corrected chi connectivity index (χ2v) is 11.4. The number of nitrogens with one attached hydrogen (secondary N) is 1. The molecule has 7 nitrogen and oxygen atoms in total. The summed E-state index contributed by atoms with van der Waals surface area (Å²) < 4.78 is 27.1. The van der Waals surface area contributed by atoms with Crippen molar-refractivity contribution in [3.63, 3.8) is 0 Å². The molecule has 0 radical (unpaired) electrons. The SMILES string of the molecule is CCC(C(O)O)N1Cc2sc(-c3ccc(NC(=O)c4ccc5ccccc5c4)cc3)cc2S1(=O)=O. The van der Waals surface area contributed by atoms with Crippen LogP contribution in [0.4, 0.5) is 5.69 Å². The second kappa shape index (κ2) is 9.18. The molecule has 5 rings (SSSR count). The van der Waals surface area contributed by atoms with Gasteiger partial charge in [0, 0.05) is 21.0 Å². The van der Waals surface area contributed by atoms with Crippen LogP contribution in [0.2, 0.25) is 0 Å². The zero-order valence-corrected chi connectivity index (χ0v) is 20.5. The normalized spacial score (nSPS) is 15.9. The van der Waals surface area contributed by atoms with E-state index in [1.165, 1.54) is 11.3 Å². The van der Waals surface area contributed by atoms with Gasteiger partial charge in [-0.3, -0.25) is 4.79 Å². The summed E-state index contributed by atoms with van der Waals surface area (Å²) in [5.41, 5.74) is 2.04. The number of carbonyl (C=O) groups excluding carboxylic acids is 1. The number of thiophene rings is 1. The molecule has 9 heteroatoms. The monoisotopic (exact) mass is 508 g/mol. The van der Waals surface area contributed by atoms with Crippen molar-refractivity contribution in [2.24, 2.45) is 0 Å². The minimum absolute atomic E-state index is 0.123. The molecular formula is C26H24N2O5S2. The molecule has 0 spiro atoms. The Morgan fingerprint density at radius 3 is 2.40 bits per heavy atom. The van der Waals surface area contributed by atoms with E-state index >= 15 is 0 Å². The highest BCUT2D eigenvalue weighted by Gasteiger charge is 2.42. The molecule has 0 bridgehead atoms. The number of benzene rings is 3. The molecule has 0 saturated carbocycles. The number of sulfonamides is 1. The highest BCUT2D eigenvalue weighted by atomic mass is 32.2. The number of amides is 1. The number of hydrogen-bond donors (Lipinski definition) is 3. The largest absolute Gasteiger partial charge is 0.367 e. The lowest BCUT2D eigenvalue weighted by molar-refractivity contribution is -0.0856. The van der Waals surface area contributed by atoms with Gasteiger partial charge >= 0.3 is 0 Å². The number of aliphatic hydroxyl groups is 2. The van der Waals surface area contributed by atoms with Gasteiger partial charge in [0.05, 0.1) is 17.5 Å². The number of hydrogen-bond acceptors (Lipinski definition) is 6. The number of carbonyl (C=O) groups is 1. The summed E-state index contributed by atoms with van der Waals surface area (Å²) in [6.45, 7) is 1.84. The Hall–Kier alpha value is -3.08. The summed E-state index contributed by atoms with van der Waals surface area (Å²) in [4.78, 5) is 14.4. The van der Waals surface area contributed by atoms with Gasteiger partial charge in [0.15, 0.2) is 6.29 Å². The van der Waals surface area contributed by atoms with Gasteiger partial charge in [-0.1, -0.05) is 49.4 Å². The number of nitrogens with zero attached hydrogens (tertiary/aromatic N) is 1. The van der Waals surface area contributed by atoms with Crippen LogP contribution in [0.1, 0.15) is 28.6 Å². The molecule has 3 N–H and O–H groups in total. The van der Waals surface area contributed by atoms with E-state index in [0.717, 1.165) is 25.5 Å². The quantitative estimate of drug-likeness (QED) is 0.335. The average Bonchev–Trinajstić information content (AvgIpc) is 3.38. The van der Waals surface area contributed by atoms with Gasteiger partial charge in [-0.05, 0) is 53.1 Å². The topological polar surface area (TPSA) is 107 Å². The van der Waals surface area contributed by atoms with E-state index in [4.69, 9.17) is 0 Å². The molecule has 1 atom stereocenters. The molecular weight excluding hydrogens is 484 g/mol. The van der Waals surface area contributed by atoms with Crippen molar-refractivity contribution in [2.75, 3.05) is 5.32 Å². The predicted molar refractivity (Wildman–Crippen MR) is 137 cm³/mol. The van der Waals surface area contributed by atoms with Crippen molar-refractivity contribution >= 4 is 43.7 Å². The molecule has 3 aromatic carbocycles. The molecule has 1 aliphatic rings. The van der Waals surface area contributed by atoms with E-state index in [1.54, 1.807) is 31.2 Å². The summed E-state index contributed by atoms with van der Waals surface area (Å²) in [6.07, 6.45) is -1.44. The Morgan fingerprint density at radius 2 is 1.74 bits per heavy atom. The number of rotatable bonds is 6. The Balaban J connectivity index is 1.32. The summed E-state index contributed by atoms with van der Waals surface area (Å²) in [6, 6.07) is 21.4. The Labute approximate surface area is 207 Å². The molecule has 1 aromatic heterocycles. The van der Waals surface area contributed by atoms with Crippen LogP contribution in [0.3, 0.4) is 0 Å². The molecule has 1 amide bonds. The van der Waals surface area contributed by atoms with Crippen molar-refractivity contribution in [1.29, 1.82) is 0 Å². The maximum absolute atomic E-state index is 13.0. The van der Waals surface area contributed by atoms with Crippen LogP contribution in [0.15, 0.2) is 77.7 Å². The molecule has 0 aliphatic carbocycles. The first-order valence-corrected chi connectivity index (χ1v) is 13.4. The van der Waals surface area contributed by atoms with Gasteiger partial charge < -0.3 is 15.5 Å². The van der Waals surface area contributed by atoms with Crippen molar-refractivity contribution in [3.05, 3.63) is 83.2 Å². The maximum atomic E-state index is 13.0. The van der Waals surface area contributed by atoms with Crippen molar-refractivity contribution in [1.82, 2.24) is 4.31 Å². The molecule has 2 heterocycles. The molecule has 1 unspecified atom stereocenters. The fourth-order valence-corrected chi connectivity index (χ4v) is 7.79. The minimum atomic E-state index is -3.79. The molecule has 35 heavy (non-hydrogen) atoms. The highest BCUT2D eigenvalue weighted by Crippen LogP contribution is 2.42. The third kappa shape index (κ3) is 4.37. The molecule has 0 saturated heterocycles. The Kier molecular flexibility index (Phi) is 6.20. The number of anilines is 1. The van der Waals surface area contributed by atoms with Crippen molar-refractivity contribution in [2.45, 2.75) is 37.1 Å². The fraction of sp³-hybridized carbons (Fsp3) is 0.192. The Morgan fingerprint density at radius 1 is 1.03 bits per heavy atom. The van der Waals surface area contributed by atoms with Crippen LogP contribution in [-0.4, -0.2) is 41.2 Å². The summed E-state index contributed by atoms with van der Waals surface area (Å²) in [5, 5.41) is 24.1. The first kappa shape index (κ1) is 23.7. The standard InChI is InChI=1S/C26H24N2O5S2/c1-2-21(26(30)31)28-15-23-24(35(28,32)33)14-22(34-23)17-9-11-20(12-10-17)27-25(29)19-8-7-16-5-3-4-6-18(16)13-19/h3-14,21,26,30-31H,2,15H2,1H3,(H,27,29). The lowest BCUT2D eigenvalue weighted by Crippen LogP contribution is -2.43. The van der Waals surface area contributed by atoms with Crippen LogP contribution < -0.4 is 5.32 Å². The van der Waals surface area contributed by atoms with Gasteiger partial charge in [-0.25, -0.2) is 8.42 Å². The first-order valence-electron chi connectivity index (χ1n) is 11.2. The van der Waals surface area contributed by atoms with E-state index < -0.39 is 22.4 Å². The molecule has 1 aliphatic heterocycles. The van der Waals surface area contributed by atoms with Gasteiger partial charge in [-0.15, -0.1) is 11.3 Å². The lowest BCUT2D eigenvalue weighted by atomic mass is 10.1. The van der Waals surface area contributed by atoms with Crippen molar-refractivity contribution < 1.29 is 23.4 Å². The third-order valence-electron chi connectivity index (χ3n) is 6.23. The zero-order chi connectivity index (χ0) is 24.7. The smallest absolute Gasteiger partial charge is 0.255 e. The Bertz CT molecular complexity index is 1510. The van der Waals surface area contributed by atoms with Crippen LogP contribution >= 0.6 is 11.3 Å². The van der Waals surface area contributed by atoms with Gasteiger partial charge in [-0.2, -0.15) is 4.31 Å². The number of aliphatic hydroxyl groups excluding tert-OH is 1. The fourth-order valence-electron chi connectivity index (χ4n) is 4.35. The van der Waals surface area contributed by atoms with E-state index in [-0.39, 0.29) is 17.3 Å². The first-order chi connectivity index (χ1) is 16.8. The van der Waals surface area contributed by atoms with Gasteiger partial charge in [0.1, 0.15) is 0 Å². The van der Waals surface area contributed by atoms with Crippen LogP contribution in [0.25, 0.3) is 21.2 Å². The molecule has 180 valence electrons. The lowest BCUT2D eigenvalue weighted by Gasteiger charge is -2.26. The maximum Gasteiger partial charge on any atom is 0.255 e. The van der Waals surface area contributed by atoms with Crippen LogP contribution in [0.5, 0.6) is 0 Å². The van der Waals surface area contributed by atoms with E-state index in [1.807, 2.05) is 48.5 Å². The minimum Gasteiger partial charge on any atom is -0.367 e. The van der Waals surface area contributed by atoms with Crippen molar-refractivity contribution in [3.8, 4) is 10.4 Å². The second-order valence-electron chi connectivity index (χ2n) is 8.43. The van der Waals surface area contributed by atoms with Gasteiger partial charge in [0.2, 0.25) is 10.0 Å².